The molecule has 0 radical (unpaired) electrons. The molecular formula is C31H36N2O5. The van der Waals surface area contributed by atoms with Gasteiger partial charge in [-0.25, -0.2) is 0 Å². The summed E-state index contributed by atoms with van der Waals surface area (Å²) in [6.45, 7) is 10.0. The van der Waals surface area contributed by atoms with Crippen LogP contribution in [-0.2, 0) is 24.5 Å². The number of anilines is 2. The fourth-order valence-electron chi connectivity index (χ4n) is 3.84. The van der Waals surface area contributed by atoms with Crippen LogP contribution in [0.5, 0.6) is 11.5 Å². The number of nitrogens with one attached hydrogen (secondary N) is 2. The number of benzene rings is 3. The Hall–Kier alpha value is -4.13. The molecule has 0 aliphatic rings. The highest BCUT2D eigenvalue weighted by Crippen LogP contribution is 2.27. The number of rotatable bonds is 10. The van der Waals surface area contributed by atoms with Crippen molar-refractivity contribution < 1.29 is 23.9 Å². The van der Waals surface area contributed by atoms with E-state index in [0.29, 0.717) is 23.5 Å². The Balaban J connectivity index is 1.35. The Bertz CT molecular complexity index is 1240. The minimum absolute atomic E-state index is 0.0467. The predicted molar refractivity (Wildman–Crippen MR) is 150 cm³/mol. The lowest BCUT2D eigenvalue weighted by atomic mass is 9.87. The normalized spacial score (nSPS) is 11.0. The molecule has 3 rings (SSSR count). The minimum atomic E-state index is -0.523. The molecule has 0 saturated heterocycles. The molecule has 7 heteroatoms. The smallest absolute Gasteiger partial charge is 0.306 e. The lowest BCUT2D eigenvalue weighted by molar-refractivity contribution is -0.147. The molecule has 0 heterocycles. The van der Waals surface area contributed by atoms with Gasteiger partial charge in [0.25, 0.3) is 5.91 Å². The van der Waals surface area contributed by atoms with E-state index in [9.17, 15) is 14.4 Å². The van der Waals surface area contributed by atoms with Gasteiger partial charge in [0.2, 0.25) is 5.91 Å². The standard InChI is InChI=1S/C31H36N2O5/c1-21-17-22(2)19-25(18-21)33-29(35)20-37-30(36)8-6-7-28(34)32-24-11-15-27(16-12-24)38-26-13-9-23(10-14-26)31(3,4)5/h9-19H,6-8,20H2,1-5H3,(H,32,34)(H,33,35). The van der Waals surface area contributed by atoms with Gasteiger partial charge < -0.3 is 20.1 Å². The summed E-state index contributed by atoms with van der Waals surface area (Å²) in [6, 6.07) is 20.8. The first kappa shape index (κ1) is 28.4. The van der Waals surface area contributed by atoms with Gasteiger partial charge in [-0.05, 0) is 90.9 Å². The van der Waals surface area contributed by atoms with Crippen molar-refractivity contribution in [1.82, 2.24) is 0 Å². The Kier molecular flexibility index (Phi) is 9.66. The molecule has 0 atom stereocenters. The zero-order chi connectivity index (χ0) is 27.7. The summed E-state index contributed by atoms with van der Waals surface area (Å²) in [6.07, 6.45) is 0.516. The van der Waals surface area contributed by atoms with E-state index in [4.69, 9.17) is 9.47 Å². The maximum absolute atomic E-state index is 12.2. The van der Waals surface area contributed by atoms with Crippen LogP contribution in [0.4, 0.5) is 11.4 Å². The number of ether oxygens (including phenoxy) is 2. The van der Waals surface area contributed by atoms with Gasteiger partial charge in [-0.1, -0.05) is 39.0 Å². The largest absolute Gasteiger partial charge is 0.457 e. The molecule has 0 spiro atoms. The lowest BCUT2D eigenvalue weighted by Gasteiger charge is -2.19. The van der Waals surface area contributed by atoms with Gasteiger partial charge in [-0.15, -0.1) is 0 Å². The van der Waals surface area contributed by atoms with Crippen molar-refractivity contribution in [2.24, 2.45) is 0 Å². The van der Waals surface area contributed by atoms with E-state index in [-0.39, 0.29) is 30.8 Å². The first-order chi connectivity index (χ1) is 18.0. The van der Waals surface area contributed by atoms with Gasteiger partial charge >= 0.3 is 5.97 Å². The quantitative estimate of drug-likeness (QED) is 0.293. The number of amides is 2. The monoisotopic (exact) mass is 516 g/mol. The Morgan fingerprint density at radius 1 is 0.711 bits per heavy atom. The summed E-state index contributed by atoms with van der Waals surface area (Å²) in [4.78, 5) is 36.2. The first-order valence-electron chi connectivity index (χ1n) is 12.7. The van der Waals surface area contributed by atoms with Crippen molar-refractivity contribution in [3.63, 3.8) is 0 Å². The van der Waals surface area contributed by atoms with Crippen molar-refractivity contribution in [1.29, 1.82) is 0 Å². The van der Waals surface area contributed by atoms with E-state index in [1.165, 1.54) is 5.56 Å². The molecule has 0 aromatic heterocycles. The van der Waals surface area contributed by atoms with E-state index in [0.717, 1.165) is 16.9 Å². The molecule has 0 fully saturated rings. The second-order valence-corrected chi connectivity index (χ2v) is 10.4. The summed E-state index contributed by atoms with van der Waals surface area (Å²) in [5.41, 5.74) is 4.67. The first-order valence-corrected chi connectivity index (χ1v) is 12.7. The van der Waals surface area contributed by atoms with Crippen LogP contribution < -0.4 is 15.4 Å². The molecular weight excluding hydrogens is 480 g/mol. The molecule has 0 unspecified atom stereocenters. The molecule has 0 saturated carbocycles. The minimum Gasteiger partial charge on any atom is -0.457 e. The maximum atomic E-state index is 12.2. The van der Waals surface area contributed by atoms with Gasteiger partial charge in [-0.3, -0.25) is 14.4 Å². The molecule has 3 aromatic rings. The third kappa shape index (κ3) is 9.39. The number of esters is 1. The summed E-state index contributed by atoms with van der Waals surface area (Å²) < 4.78 is 10.9. The summed E-state index contributed by atoms with van der Waals surface area (Å²) in [7, 11) is 0. The third-order valence-electron chi connectivity index (χ3n) is 5.75. The average molecular weight is 517 g/mol. The second kappa shape index (κ2) is 12.9. The Labute approximate surface area is 224 Å². The highest BCUT2D eigenvalue weighted by Gasteiger charge is 2.13. The van der Waals surface area contributed by atoms with Crippen LogP contribution in [0.15, 0.2) is 66.7 Å². The van der Waals surface area contributed by atoms with Crippen LogP contribution in [0.2, 0.25) is 0 Å². The molecule has 7 nitrogen and oxygen atoms in total. The van der Waals surface area contributed by atoms with E-state index >= 15 is 0 Å². The van der Waals surface area contributed by atoms with Crippen LogP contribution in [0.25, 0.3) is 0 Å². The van der Waals surface area contributed by atoms with Crippen molar-refractivity contribution >= 4 is 29.2 Å². The maximum Gasteiger partial charge on any atom is 0.306 e. The van der Waals surface area contributed by atoms with Crippen molar-refractivity contribution in [3.8, 4) is 11.5 Å². The Morgan fingerprint density at radius 3 is 1.84 bits per heavy atom. The fourth-order valence-corrected chi connectivity index (χ4v) is 3.84. The number of carbonyl (C=O) groups excluding carboxylic acids is 3. The zero-order valence-electron chi connectivity index (χ0n) is 22.7. The average Bonchev–Trinajstić information content (AvgIpc) is 2.83. The molecule has 3 aromatic carbocycles. The van der Waals surface area contributed by atoms with Crippen LogP contribution in [0.1, 0.15) is 56.7 Å². The third-order valence-corrected chi connectivity index (χ3v) is 5.75. The predicted octanol–water partition coefficient (Wildman–Crippen LogP) is 6.68. The second-order valence-electron chi connectivity index (χ2n) is 10.4. The highest BCUT2D eigenvalue weighted by atomic mass is 16.5. The van der Waals surface area contributed by atoms with Gasteiger partial charge in [-0.2, -0.15) is 0 Å². The van der Waals surface area contributed by atoms with Crippen molar-refractivity contribution in [3.05, 3.63) is 83.4 Å². The van der Waals surface area contributed by atoms with Crippen LogP contribution >= 0.6 is 0 Å². The number of hydrogen-bond acceptors (Lipinski definition) is 5. The molecule has 0 aliphatic carbocycles. The van der Waals surface area contributed by atoms with Gasteiger partial charge in [0.05, 0.1) is 0 Å². The molecule has 0 bridgehead atoms. The van der Waals surface area contributed by atoms with E-state index < -0.39 is 11.9 Å². The molecule has 38 heavy (non-hydrogen) atoms. The fraction of sp³-hybridized carbons (Fsp3) is 0.323. The van der Waals surface area contributed by atoms with Gasteiger partial charge in [0.15, 0.2) is 6.61 Å². The van der Waals surface area contributed by atoms with Gasteiger partial charge in [0, 0.05) is 24.2 Å². The van der Waals surface area contributed by atoms with E-state index in [2.05, 4.69) is 43.5 Å². The molecule has 2 N–H and O–H groups in total. The van der Waals surface area contributed by atoms with Crippen LogP contribution in [0, 0.1) is 13.8 Å². The number of aryl methyl sites for hydroxylation is 2. The zero-order valence-corrected chi connectivity index (χ0v) is 22.7. The van der Waals surface area contributed by atoms with Crippen molar-refractivity contribution in [2.75, 3.05) is 17.2 Å². The SMILES string of the molecule is Cc1cc(C)cc(NC(=O)COC(=O)CCCC(=O)Nc2ccc(Oc3ccc(C(C)(C)C)cc3)cc2)c1. The molecule has 2 amide bonds. The van der Waals surface area contributed by atoms with Crippen molar-refractivity contribution in [2.45, 2.75) is 59.3 Å². The molecule has 0 aliphatic heterocycles. The summed E-state index contributed by atoms with van der Waals surface area (Å²) in [5.74, 6) is 0.262. The summed E-state index contributed by atoms with van der Waals surface area (Å²) in [5, 5.41) is 5.52. The van der Waals surface area contributed by atoms with E-state index in [1.54, 1.807) is 24.3 Å². The number of carbonyl (C=O) groups is 3. The molecule has 200 valence electrons. The van der Waals surface area contributed by atoms with Gasteiger partial charge in [0.1, 0.15) is 11.5 Å². The summed E-state index contributed by atoms with van der Waals surface area (Å²) >= 11 is 0. The topological polar surface area (TPSA) is 93.7 Å². The highest BCUT2D eigenvalue weighted by molar-refractivity contribution is 5.93. The van der Waals surface area contributed by atoms with Crippen LogP contribution in [0.3, 0.4) is 0 Å². The lowest BCUT2D eigenvalue weighted by Crippen LogP contribution is -2.21. The number of hydrogen-bond donors (Lipinski definition) is 2. The van der Waals surface area contributed by atoms with Crippen LogP contribution in [-0.4, -0.2) is 24.4 Å². The van der Waals surface area contributed by atoms with E-state index in [1.807, 2.05) is 44.2 Å². The Morgan fingerprint density at radius 2 is 1.26 bits per heavy atom.